The predicted octanol–water partition coefficient (Wildman–Crippen LogP) is 3.18. The number of benzene rings is 1. The van der Waals surface area contributed by atoms with Gasteiger partial charge in [0.05, 0.1) is 11.6 Å². The molecule has 1 atom stereocenters. The third kappa shape index (κ3) is 3.03. The molecule has 3 N–H and O–H groups in total. The lowest BCUT2D eigenvalue weighted by Crippen LogP contribution is -2.45. The van der Waals surface area contributed by atoms with Crippen LogP contribution in [0.1, 0.15) is 17.8 Å². The van der Waals surface area contributed by atoms with Gasteiger partial charge in [-0.2, -0.15) is 0 Å². The first-order chi connectivity index (χ1) is 10.6. The zero-order valence-electron chi connectivity index (χ0n) is 11.9. The van der Waals surface area contributed by atoms with Crippen molar-refractivity contribution in [2.24, 2.45) is 0 Å². The van der Waals surface area contributed by atoms with Gasteiger partial charge < -0.3 is 16.0 Å². The summed E-state index contributed by atoms with van der Waals surface area (Å²) in [6.07, 6.45) is 0. The van der Waals surface area contributed by atoms with Crippen LogP contribution in [0.15, 0.2) is 59.1 Å². The van der Waals surface area contributed by atoms with E-state index in [2.05, 4.69) is 16.0 Å². The minimum absolute atomic E-state index is 0.135. The van der Waals surface area contributed by atoms with E-state index in [0.29, 0.717) is 10.7 Å². The van der Waals surface area contributed by atoms with E-state index in [0.717, 1.165) is 16.3 Å². The fourth-order valence-corrected chi connectivity index (χ4v) is 3.44. The van der Waals surface area contributed by atoms with Gasteiger partial charge in [0.2, 0.25) is 0 Å². The van der Waals surface area contributed by atoms with Gasteiger partial charge in [-0.15, -0.1) is 11.3 Å². The van der Waals surface area contributed by atoms with E-state index in [1.54, 1.807) is 11.3 Å². The Hall–Kier alpha value is -2.18. The average molecular weight is 329 g/mol. The third-order valence-electron chi connectivity index (χ3n) is 3.37. The van der Waals surface area contributed by atoms with Crippen molar-refractivity contribution in [3.05, 3.63) is 64.0 Å². The highest BCUT2D eigenvalue weighted by Crippen LogP contribution is 2.30. The molecule has 1 aliphatic heterocycles. The van der Waals surface area contributed by atoms with Gasteiger partial charge in [-0.05, 0) is 42.7 Å². The highest BCUT2D eigenvalue weighted by atomic mass is 32.1. The number of anilines is 1. The van der Waals surface area contributed by atoms with Crippen molar-refractivity contribution in [3.8, 4) is 0 Å². The second kappa shape index (κ2) is 6.29. The van der Waals surface area contributed by atoms with Gasteiger partial charge in [0.1, 0.15) is 0 Å². The number of hydrogen-bond donors (Lipinski definition) is 3. The number of nitrogens with one attached hydrogen (secondary N) is 3. The number of allylic oxidation sites excluding steroid dienone is 1. The Morgan fingerprint density at radius 2 is 2.00 bits per heavy atom. The van der Waals surface area contributed by atoms with Crippen molar-refractivity contribution in [3.63, 3.8) is 0 Å². The van der Waals surface area contributed by atoms with Gasteiger partial charge >= 0.3 is 0 Å². The molecular formula is C16H15N3OS2. The molecule has 0 bridgehead atoms. The van der Waals surface area contributed by atoms with Crippen molar-refractivity contribution in [2.75, 3.05) is 5.32 Å². The summed E-state index contributed by atoms with van der Waals surface area (Å²) >= 11 is 6.82. The molecular weight excluding hydrogens is 314 g/mol. The number of rotatable bonds is 3. The number of hydrogen-bond acceptors (Lipinski definition) is 3. The minimum Gasteiger partial charge on any atom is -0.350 e. The quantitative estimate of drug-likeness (QED) is 0.757. The lowest BCUT2D eigenvalue weighted by atomic mass is 10.0. The molecule has 3 rings (SSSR count). The van der Waals surface area contributed by atoms with Crippen LogP contribution in [0, 0.1) is 0 Å². The molecule has 0 saturated heterocycles. The highest BCUT2D eigenvalue weighted by Gasteiger charge is 2.30. The van der Waals surface area contributed by atoms with E-state index in [1.165, 1.54) is 0 Å². The van der Waals surface area contributed by atoms with E-state index in [4.69, 9.17) is 12.2 Å². The van der Waals surface area contributed by atoms with Crippen LogP contribution in [-0.4, -0.2) is 11.0 Å². The minimum atomic E-state index is -0.225. The Balaban J connectivity index is 1.92. The Morgan fingerprint density at radius 1 is 1.23 bits per heavy atom. The predicted molar refractivity (Wildman–Crippen MR) is 93.7 cm³/mol. The van der Waals surface area contributed by atoms with E-state index in [9.17, 15) is 4.79 Å². The number of thiocarbonyl (C=S) groups is 1. The molecule has 1 amide bonds. The molecule has 2 heterocycles. The molecule has 0 radical (unpaired) electrons. The molecule has 0 saturated carbocycles. The summed E-state index contributed by atoms with van der Waals surface area (Å²) in [5.41, 5.74) is 2.20. The van der Waals surface area contributed by atoms with E-state index < -0.39 is 0 Å². The Morgan fingerprint density at radius 3 is 2.68 bits per heavy atom. The largest absolute Gasteiger partial charge is 0.350 e. The first-order valence-corrected chi connectivity index (χ1v) is 8.12. The summed E-state index contributed by atoms with van der Waals surface area (Å²) < 4.78 is 0. The van der Waals surface area contributed by atoms with Gasteiger partial charge in [-0.1, -0.05) is 24.3 Å². The number of carbonyl (C=O) groups excluding carboxylic acids is 1. The van der Waals surface area contributed by atoms with Crippen LogP contribution in [-0.2, 0) is 4.79 Å². The highest BCUT2D eigenvalue weighted by molar-refractivity contribution is 7.80. The maximum absolute atomic E-state index is 12.7. The molecule has 4 nitrogen and oxygen atoms in total. The van der Waals surface area contributed by atoms with Crippen LogP contribution in [0.4, 0.5) is 5.69 Å². The molecule has 22 heavy (non-hydrogen) atoms. The van der Waals surface area contributed by atoms with Gasteiger partial charge in [-0.25, -0.2) is 0 Å². The van der Waals surface area contributed by atoms with Crippen molar-refractivity contribution >= 4 is 40.3 Å². The zero-order valence-corrected chi connectivity index (χ0v) is 13.6. The van der Waals surface area contributed by atoms with Crippen molar-refractivity contribution in [2.45, 2.75) is 13.0 Å². The van der Waals surface area contributed by atoms with Crippen molar-refractivity contribution in [1.29, 1.82) is 0 Å². The topological polar surface area (TPSA) is 53.2 Å². The normalized spacial score (nSPS) is 17.7. The number of para-hydroxylation sites is 1. The van der Waals surface area contributed by atoms with Gasteiger partial charge in [0, 0.05) is 16.3 Å². The summed E-state index contributed by atoms with van der Waals surface area (Å²) in [7, 11) is 0. The van der Waals surface area contributed by atoms with Gasteiger partial charge in [0.25, 0.3) is 5.91 Å². The monoisotopic (exact) mass is 329 g/mol. The first kappa shape index (κ1) is 14.7. The second-order valence-corrected chi connectivity index (χ2v) is 6.29. The van der Waals surface area contributed by atoms with Crippen LogP contribution in [0.5, 0.6) is 0 Å². The fourth-order valence-electron chi connectivity index (χ4n) is 2.38. The standard InChI is InChI=1S/C16H15N3OS2/c1-10-13(15(20)18-11-6-3-2-4-7-11)14(19-16(21)17-10)12-8-5-9-22-12/h2-9,14H,1H3,(H,18,20)(H2,17,19,21)/t14-/m0/s1. The zero-order chi connectivity index (χ0) is 15.5. The molecule has 0 unspecified atom stereocenters. The lowest BCUT2D eigenvalue weighted by Gasteiger charge is -2.29. The summed E-state index contributed by atoms with van der Waals surface area (Å²) in [6.45, 7) is 1.87. The third-order valence-corrected chi connectivity index (χ3v) is 4.53. The lowest BCUT2D eigenvalue weighted by molar-refractivity contribution is -0.113. The molecule has 2 aromatic rings. The molecule has 112 valence electrons. The first-order valence-electron chi connectivity index (χ1n) is 6.83. The molecule has 6 heteroatoms. The van der Waals surface area contributed by atoms with Crippen LogP contribution in [0.3, 0.4) is 0 Å². The summed E-state index contributed by atoms with van der Waals surface area (Å²) in [5, 5.41) is 11.7. The SMILES string of the molecule is CC1=C(C(=O)Nc2ccccc2)[C@H](c2cccs2)NC(=S)N1. The maximum atomic E-state index is 12.7. The summed E-state index contributed by atoms with van der Waals surface area (Å²) in [4.78, 5) is 13.8. The average Bonchev–Trinajstić information content (AvgIpc) is 3.01. The van der Waals surface area contributed by atoms with Gasteiger partial charge in [0.15, 0.2) is 5.11 Å². The molecule has 1 aliphatic rings. The smallest absolute Gasteiger partial charge is 0.255 e. The Labute approximate surface area is 138 Å². The van der Waals surface area contributed by atoms with Crippen molar-refractivity contribution in [1.82, 2.24) is 10.6 Å². The van der Waals surface area contributed by atoms with Crippen LogP contribution in [0.2, 0.25) is 0 Å². The van der Waals surface area contributed by atoms with E-state index >= 15 is 0 Å². The van der Waals surface area contributed by atoms with Crippen LogP contribution < -0.4 is 16.0 Å². The van der Waals surface area contributed by atoms with Crippen LogP contribution in [0.25, 0.3) is 0 Å². The van der Waals surface area contributed by atoms with Crippen LogP contribution >= 0.6 is 23.6 Å². The molecule has 0 spiro atoms. The number of carbonyl (C=O) groups is 1. The number of amides is 1. The molecule has 1 aromatic heterocycles. The van der Waals surface area contributed by atoms with E-state index in [1.807, 2.05) is 54.8 Å². The Bertz CT molecular complexity index is 723. The second-order valence-electron chi connectivity index (χ2n) is 4.91. The van der Waals surface area contributed by atoms with Crippen molar-refractivity contribution < 1.29 is 4.79 Å². The Kier molecular flexibility index (Phi) is 4.22. The maximum Gasteiger partial charge on any atom is 0.255 e. The molecule has 0 fully saturated rings. The fraction of sp³-hybridized carbons (Fsp3) is 0.125. The summed E-state index contributed by atoms with van der Waals surface area (Å²) in [6, 6.07) is 13.2. The molecule has 0 aliphatic carbocycles. The molecule has 1 aromatic carbocycles. The summed E-state index contributed by atoms with van der Waals surface area (Å²) in [5.74, 6) is -0.135. The van der Waals surface area contributed by atoms with Gasteiger partial charge in [-0.3, -0.25) is 4.79 Å². The van der Waals surface area contributed by atoms with E-state index in [-0.39, 0.29) is 11.9 Å². The number of thiophene rings is 1.